The van der Waals surface area contributed by atoms with Crippen LogP contribution in [0.1, 0.15) is 47.8 Å². The highest BCUT2D eigenvalue weighted by molar-refractivity contribution is 5.76. The third-order valence-corrected chi connectivity index (χ3v) is 6.98. The first kappa shape index (κ1) is 37.3. The molecule has 0 unspecified atom stereocenters. The zero-order chi connectivity index (χ0) is 35.4. The van der Waals surface area contributed by atoms with Crippen molar-refractivity contribution >= 4 is 29.8 Å². The van der Waals surface area contributed by atoms with Crippen molar-refractivity contribution < 1.29 is 72.1 Å². The summed E-state index contributed by atoms with van der Waals surface area (Å²) in [4.78, 5) is 87.8. The number of methoxy groups -OCH3 is 1. The Labute approximate surface area is 266 Å². The summed E-state index contributed by atoms with van der Waals surface area (Å²) in [6, 6.07) is 1.02. The summed E-state index contributed by atoms with van der Waals surface area (Å²) in [5, 5.41) is 20.4. The lowest BCUT2D eigenvalue weighted by atomic mass is 9.96. The van der Waals surface area contributed by atoms with Crippen LogP contribution in [0, 0.1) is 5.41 Å². The molecule has 19 heteroatoms. The van der Waals surface area contributed by atoms with Crippen LogP contribution in [0.5, 0.6) is 0 Å². The van der Waals surface area contributed by atoms with Crippen molar-refractivity contribution in [3.63, 3.8) is 0 Å². The molecule has 1 aromatic rings. The van der Waals surface area contributed by atoms with E-state index in [9.17, 15) is 43.8 Å². The van der Waals surface area contributed by atoms with Crippen LogP contribution < -0.4 is 11.2 Å². The number of aromatic nitrogens is 2. The smallest absolute Gasteiger partial charge is 0.337 e. The summed E-state index contributed by atoms with van der Waals surface area (Å²) in [5.74, 6) is -5.31. The van der Waals surface area contributed by atoms with E-state index in [1.165, 1.54) is 7.11 Å². The molecule has 3 rings (SSSR count). The average molecular weight is 675 g/mol. The molecule has 0 bridgehead atoms. The fourth-order valence-corrected chi connectivity index (χ4v) is 4.99. The number of aliphatic hydroxyl groups excluding tert-OH is 1. The van der Waals surface area contributed by atoms with Crippen LogP contribution in [0.4, 0.5) is 0 Å². The van der Waals surface area contributed by atoms with Crippen LogP contribution >= 0.6 is 0 Å². The molecule has 3 heterocycles. The van der Waals surface area contributed by atoms with Gasteiger partial charge in [0, 0.05) is 40.1 Å². The van der Waals surface area contributed by atoms with Crippen LogP contribution in [-0.4, -0.2) is 118 Å². The van der Waals surface area contributed by atoms with Crippen molar-refractivity contribution in [2.24, 2.45) is 5.41 Å². The number of carboxylic acid groups (broad SMARTS) is 1. The Kier molecular flexibility index (Phi) is 12.0. The molecule has 0 saturated carbocycles. The Morgan fingerprint density at radius 1 is 0.894 bits per heavy atom. The SMILES string of the molecule is CO[C@H]1[C@@H](OC(=O)C(C)(C)C)[C@H](n2ccc(=O)[nH]c2=O)O[C@@H]1[C@H](CO)O[C@H]1O[C@H](C(=O)O)[C@@H](OC(C)=O)[C@H](OC(C)=O)[C@@H]1OC(C)=O. The number of H-pyrrole nitrogens is 1. The molecule has 19 nitrogen and oxygen atoms in total. The minimum atomic E-state index is -2.03. The second-order valence-corrected chi connectivity index (χ2v) is 11.7. The normalized spacial score (nSPS) is 29.7. The largest absolute Gasteiger partial charge is 0.479 e. The number of aliphatic hydroxyl groups is 1. The summed E-state index contributed by atoms with van der Waals surface area (Å²) in [5.41, 5.74) is -2.70. The predicted molar refractivity (Wildman–Crippen MR) is 150 cm³/mol. The zero-order valence-electron chi connectivity index (χ0n) is 26.6. The van der Waals surface area contributed by atoms with Gasteiger partial charge in [0.1, 0.15) is 18.3 Å². The second kappa shape index (κ2) is 15.2. The number of carbonyl (C=O) groups excluding carboxylic acids is 4. The summed E-state index contributed by atoms with van der Waals surface area (Å²) in [6.07, 6.45) is -15.3. The fourth-order valence-electron chi connectivity index (χ4n) is 4.99. The number of aromatic amines is 1. The molecule has 0 aromatic carbocycles. The molecule has 262 valence electrons. The highest BCUT2D eigenvalue weighted by Gasteiger charge is 2.58. The van der Waals surface area contributed by atoms with Crippen molar-refractivity contribution in [1.29, 1.82) is 0 Å². The number of nitrogens with zero attached hydrogens (tertiary/aromatic N) is 1. The molecule has 2 saturated heterocycles. The molecule has 1 aromatic heterocycles. The van der Waals surface area contributed by atoms with Crippen molar-refractivity contribution in [3.8, 4) is 0 Å². The van der Waals surface area contributed by atoms with Gasteiger partial charge >= 0.3 is 35.5 Å². The zero-order valence-corrected chi connectivity index (χ0v) is 26.6. The fraction of sp³-hybridized carbons (Fsp3) is 0.679. The quantitative estimate of drug-likeness (QED) is 0.176. The third kappa shape index (κ3) is 8.80. The first-order valence-corrected chi connectivity index (χ1v) is 14.3. The van der Waals surface area contributed by atoms with E-state index in [1.807, 2.05) is 0 Å². The molecular weight excluding hydrogens is 636 g/mol. The number of esters is 4. The molecule has 2 fully saturated rings. The lowest BCUT2D eigenvalue weighted by Crippen LogP contribution is -2.64. The van der Waals surface area contributed by atoms with E-state index in [-0.39, 0.29) is 0 Å². The van der Waals surface area contributed by atoms with Crippen molar-refractivity contribution in [2.75, 3.05) is 13.7 Å². The van der Waals surface area contributed by atoms with Crippen LogP contribution in [0.15, 0.2) is 21.9 Å². The number of hydrogen-bond acceptors (Lipinski definition) is 16. The number of hydrogen-bond donors (Lipinski definition) is 3. The van der Waals surface area contributed by atoms with E-state index in [4.69, 9.17) is 37.9 Å². The molecule has 47 heavy (non-hydrogen) atoms. The van der Waals surface area contributed by atoms with E-state index < -0.39 is 114 Å². The van der Waals surface area contributed by atoms with E-state index in [2.05, 4.69) is 4.98 Å². The number of rotatable bonds is 11. The molecule has 0 radical (unpaired) electrons. The number of carbonyl (C=O) groups is 5. The summed E-state index contributed by atoms with van der Waals surface area (Å²) >= 11 is 0. The number of aliphatic carboxylic acids is 1. The van der Waals surface area contributed by atoms with Crippen LogP contribution in [0.2, 0.25) is 0 Å². The van der Waals surface area contributed by atoms with E-state index in [0.29, 0.717) is 0 Å². The van der Waals surface area contributed by atoms with E-state index in [1.54, 1.807) is 20.8 Å². The number of ether oxygens (including phenoxy) is 8. The Morgan fingerprint density at radius 2 is 1.47 bits per heavy atom. The molecule has 0 amide bonds. The third-order valence-electron chi connectivity index (χ3n) is 6.98. The molecule has 2 aliphatic heterocycles. The standard InChI is InChI=1S/C28H38N2O17/c1-11(32)41-18-19(42-12(2)33)22(43-13(3)34)25(46-21(18)24(36)37)44-14(10-31)16-17(40-7)20(47-26(38)28(4,5)6)23(45-16)30-9-8-15(35)29-27(30)39/h8-9,14,16-23,25,31H,10H2,1-7H3,(H,36,37)(H,29,35,39)/t14-,16+,17+,18-,19-,20+,21-,22-,23+,25-/m0/s1. The number of carboxylic acids is 1. The minimum absolute atomic E-state index is 0.725. The van der Waals surface area contributed by atoms with Gasteiger partial charge in [-0.2, -0.15) is 0 Å². The molecule has 0 aliphatic carbocycles. The lowest BCUT2D eigenvalue weighted by molar-refractivity contribution is -0.319. The monoisotopic (exact) mass is 674 g/mol. The van der Waals surface area contributed by atoms with Gasteiger partial charge in [0.05, 0.1) is 12.0 Å². The molecule has 2 aliphatic rings. The average Bonchev–Trinajstić information content (AvgIpc) is 3.30. The van der Waals surface area contributed by atoms with Gasteiger partial charge in [-0.3, -0.25) is 33.5 Å². The van der Waals surface area contributed by atoms with Gasteiger partial charge in [0.15, 0.2) is 43.0 Å². The highest BCUT2D eigenvalue weighted by atomic mass is 16.7. The van der Waals surface area contributed by atoms with Gasteiger partial charge in [-0.25, -0.2) is 9.59 Å². The Morgan fingerprint density at radius 3 is 1.96 bits per heavy atom. The van der Waals surface area contributed by atoms with Crippen LogP contribution in [0.25, 0.3) is 0 Å². The maximum absolute atomic E-state index is 13.0. The Hall–Kier alpha value is -4.17. The van der Waals surface area contributed by atoms with Gasteiger partial charge in [-0.15, -0.1) is 0 Å². The van der Waals surface area contributed by atoms with Gasteiger partial charge in [-0.1, -0.05) is 0 Å². The summed E-state index contributed by atoms with van der Waals surface area (Å²) in [6.45, 7) is 6.73. The maximum Gasteiger partial charge on any atom is 0.337 e. The van der Waals surface area contributed by atoms with Gasteiger partial charge in [0.2, 0.25) is 0 Å². The first-order chi connectivity index (χ1) is 21.9. The minimum Gasteiger partial charge on any atom is -0.479 e. The van der Waals surface area contributed by atoms with E-state index in [0.717, 1.165) is 37.6 Å². The summed E-state index contributed by atoms with van der Waals surface area (Å²) < 4.78 is 45.4. The van der Waals surface area contributed by atoms with Crippen LogP contribution in [-0.2, 0) is 61.9 Å². The van der Waals surface area contributed by atoms with Crippen molar-refractivity contribution in [1.82, 2.24) is 9.55 Å². The molecular formula is C28H38N2O17. The Balaban J connectivity index is 2.08. The highest BCUT2D eigenvalue weighted by Crippen LogP contribution is 2.38. The number of nitrogens with one attached hydrogen (secondary N) is 1. The lowest BCUT2D eigenvalue weighted by Gasteiger charge is -2.44. The first-order valence-electron chi connectivity index (χ1n) is 14.3. The van der Waals surface area contributed by atoms with E-state index >= 15 is 0 Å². The Bertz CT molecular complexity index is 1450. The van der Waals surface area contributed by atoms with Crippen molar-refractivity contribution in [3.05, 3.63) is 33.1 Å². The second-order valence-electron chi connectivity index (χ2n) is 11.7. The topological polar surface area (TPSA) is 255 Å². The molecule has 0 spiro atoms. The van der Waals surface area contributed by atoms with Gasteiger partial charge in [-0.05, 0) is 20.8 Å². The van der Waals surface area contributed by atoms with Gasteiger partial charge in [0.25, 0.3) is 5.56 Å². The van der Waals surface area contributed by atoms with Crippen LogP contribution in [0.3, 0.4) is 0 Å². The predicted octanol–water partition coefficient (Wildman–Crippen LogP) is -1.61. The maximum atomic E-state index is 13.0. The van der Waals surface area contributed by atoms with Crippen molar-refractivity contribution in [2.45, 2.75) is 103 Å². The van der Waals surface area contributed by atoms with Gasteiger partial charge < -0.3 is 48.1 Å². The summed E-state index contributed by atoms with van der Waals surface area (Å²) in [7, 11) is 1.21. The molecule has 3 N–H and O–H groups in total. The molecule has 10 atom stereocenters.